The van der Waals surface area contributed by atoms with E-state index in [1.807, 2.05) is 19.4 Å². The monoisotopic (exact) mass is 270 g/mol. The lowest BCUT2D eigenvalue weighted by Gasteiger charge is -2.27. The van der Waals surface area contributed by atoms with Crippen LogP contribution in [0.4, 0.5) is 5.69 Å². The number of anilines is 1. The normalized spacial score (nSPS) is 14.4. The number of aromatic nitrogens is 2. The number of fused-ring (bicyclic) bond motifs is 1. The van der Waals surface area contributed by atoms with Gasteiger partial charge in [-0.05, 0) is 30.0 Å². The fourth-order valence-electron chi connectivity index (χ4n) is 2.83. The van der Waals surface area contributed by atoms with Gasteiger partial charge in [-0.2, -0.15) is 0 Å². The first kappa shape index (κ1) is 13.2. The molecule has 0 atom stereocenters. The second-order valence-electron chi connectivity index (χ2n) is 5.55. The van der Waals surface area contributed by atoms with Gasteiger partial charge in [0.05, 0.1) is 6.54 Å². The summed E-state index contributed by atoms with van der Waals surface area (Å²) in [5.41, 5.74) is 4.23. The Bertz CT molecular complexity index is 588. The maximum absolute atomic E-state index is 4.32. The van der Waals surface area contributed by atoms with Crippen molar-refractivity contribution in [2.45, 2.75) is 25.9 Å². The third kappa shape index (κ3) is 2.70. The second-order valence-corrected chi connectivity index (χ2v) is 5.55. The standard InChI is InChI=1S/C16H22N4/c1-19-8-3-4-14-10-13(5-6-15(14)19)11-17-12-16-18-7-9-20(16)2/h5-7,9-10,17H,3-4,8,11-12H2,1-2H3. The minimum Gasteiger partial charge on any atom is -0.374 e. The quantitative estimate of drug-likeness (QED) is 0.923. The summed E-state index contributed by atoms with van der Waals surface area (Å²) >= 11 is 0. The molecular weight excluding hydrogens is 248 g/mol. The van der Waals surface area contributed by atoms with Crippen LogP contribution in [-0.4, -0.2) is 23.1 Å². The third-order valence-corrected chi connectivity index (χ3v) is 4.03. The fourth-order valence-corrected chi connectivity index (χ4v) is 2.83. The van der Waals surface area contributed by atoms with Gasteiger partial charge < -0.3 is 14.8 Å². The summed E-state index contributed by atoms with van der Waals surface area (Å²) < 4.78 is 2.05. The van der Waals surface area contributed by atoms with Crippen molar-refractivity contribution >= 4 is 5.69 Å². The highest BCUT2D eigenvalue weighted by atomic mass is 15.1. The van der Waals surface area contributed by atoms with Crippen LogP contribution in [0.25, 0.3) is 0 Å². The molecule has 1 aromatic carbocycles. The molecule has 2 aromatic rings. The molecule has 1 N–H and O–H groups in total. The molecule has 0 spiro atoms. The molecule has 0 aliphatic carbocycles. The highest BCUT2D eigenvalue weighted by Crippen LogP contribution is 2.26. The van der Waals surface area contributed by atoms with Gasteiger partial charge in [0.2, 0.25) is 0 Å². The van der Waals surface area contributed by atoms with E-state index in [-0.39, 0.29) is 0 Å². The summed E-state index contributed by atoms with van der Waals surface area (Å²) in [6.07, 6.45) is 6.28. The predicted octanol–water partition coefficient (Wildman–Crippen LogP) is 2.09. The van der Waals surface area contributed by atoms with E-state index in [1.54, 1.807) is 0 Å². The maximum atomic E-state index is 4.32. The molecule has 0 unspecified atom stereocenters. The highest BCUT2D eigenvalue weighted by molar-refractivity contribution is 5.56. The van der Waals surface area contributed by atoms with E-state index in [9.17, 15) is 0 Å². The first-order valence-corrected chi connectivity index (χ1v) is 7.24. The third-order valence-electron chi connectivity index (χ3n) is 4.03. The summed E-state index contributed by atoms with van der Waals surface area (Å²) in [4.78, 5) is 6.67. The zero-order chi connectivity index (χ0) is 13.9. The van der Waals surface area contributed by atoms with Crippen molar-refractivity contribution < 1.29 is 0 Å². The average molecular weight is 270 g/mol. The number of rotatable bonds is 4. The van der Waals surface area contributed by atoms with Gasteiger partial charge in [-0.1, -0.05) is 12.1 Å². The molecule has 0 amide bonds. The zero-order valence-electron chi connectivity index (χ0n) is 12.3. The molecule has 0 bridgehead atoms. The van der Waals surface area contributed by atoms with E-state index in [2.05, 4.69) is 45.0 Å². The Hall–Kier alpha value is -1.81. The van der Waals surface area contributed by atoms with Crippen LogP contribution in [0.2, 0.25) is 0 Å². The van der Waals surface area contributed by atoms with Crippen molar-refractivity contribution in [3.63, 3.8) is 0 Å². The Morgan fingerprint density at radius 2 is 2.15 bits per heavy atom. The van der Waals surface area contributed by atoms with Gasteiger partial charge in [-0.25, -0.2) is 4.98 Å². The lowest BCUT2D eigenvalue weighted by Crippen LogP contribution is -2.25. The number of hydrogen-bond acceptors (Lipinski definition) is 3. The number of nitrogens with zero attached hydrogens (tertiary/aromatic N) is 3. The average Bonchev–Trinajstić information content (AvgIpc) is 2.85. The van der Waals surface area contributed by atoms with Crippen molar-refractivity contribution in [3.05, 3.63) is 47.5 Å². The van der Waals surface area contributed by atoms with Gasteiger partial charge in [0.1, 0.15) is 5.82 Å². The Kier molecular flexibility index (Phi) is 3.74. The molecule has 2 heterocycles. The molecule has 4 nitrogen and oxygen atoms in total. The Labute approximate surface area is 120 Å². The number of benzene rings is 1. The van der Waals surface area contributed by atoms with Gasteiger partial charge in [-0.15, -0.1) is 0 Å². The summed E-state index contributed by atoms with van der Waals surface area (Å²) in [6.45, 7) is 2.87. The van der Waals surface area contributed by atoms with E-state index < -0.39 is 0 Å². The molecule has 4 heteroatoms. The molecule has 3 rings (SSSR count). The maximum Gasteiger partial charge on any atom is 0.122 e. The Morgan fingerprint density at radius 3 is 2.95 bits per heavy atom. The van der Waals surface area contributed by atoms with Crippen molar-refractivity contribution in [2.24, 2.45) is 7.05 Å². The molecule has 0 fully saturated rings. The summed E-state index contributed by atoms with van der Waals surface area (Å²) in [7, 11) is 4.20. The van der Waals surface area contributed by atoms with Crippen molar-refractivity contribution in [3.8, 4) is 0 Å². The summed E-state index contributed by atoms with van der Waals surface area (Å²) in [5.74, 6) is 1.07. The van der Waals surface area contributed by atoms with E-state index in [4.69, 9.17) is 0 Å². The first-order valence-electron chi connectivity index (χ1n) is 7.24. The lowest BCUT2D eigenvalue weighted by atomic mass is 9.99. The minimum atomic E-state index is 0.806. The van der Waals surface area contributed by atoms with Crippen LogP contribution in [0, 0.1) is 0 Å². The molecule has 106 valence electrons. The number of nitrogens with one attached hydrogen (secondary N) is 1. The smallest absolute Gasteiger partial charge is 0.122 e. The van der Waals surface area contributed by atoms with E-state index in [0.29, 0.717) is 0 Å². The van der Waals surface area contributed by atoms with Crippen LogP contribution in [-0.2, 0) is 26.6 Å². The summed E-state index contributed by atoms with van der Waals surface area (Å²) in [6, 6.07) is 6.83. The predicted molar refractivity (Wildman–Crippen MR) is 81.8 cm³/mol. The van der Waals surface area contributed by atoms with Gasteiger partial charge in [0, 0.05) is 45.3 Å². The van der Waals surface area contributed by atoms with Gasteiger partial charge >= 0.3 is 0 Å². The molecule has 0 saturated heterocycles. The fraction of sp³-hybridized carbons (Fsp3) is 0.438. The molecule has 1 aromatic heterocycles. The van der Waals surface area contributed by atoms with Crippen LogP contribution in [0.15, 0.2) is 30.6 Å². The van der Waals surface area contributed by atoms with E-state index in [0.717, 1.165) is 18.9 Å². The topological polar surface area (TPSA) is 33.1 Å². The number of hydrogen-bond donors (Lipinski definition) is 1. The Balaban J connectivity index is 1.62. The number of aryl methyl sites for hydroxylation is 2. The minimum absolute atomic E-state index is 0.806. The SMILES string of the molecule is CN1CCCc2cc(CNCc3nccn3C)ccc21. The molecule has 1 aliphatic heterocycles. The van der Waals surface area contributed by atoms with Crippen molar-refractivity contribution in [1.29, 1.82) is 0 Å². The highest BCUT2D eigenvalue weighted by Gasteiger charge is 2.13. The van der Waals surface area contributed by atoms with Crippen LogP contribution < -0.4 is 10.2 Å². The van der Waals surface area contributed by atoms with Gasteiger partial charge in [0.15, 0.2) is 0 Å². The van der Waals surface area contributed by atoms with E-state index in [1.165, 1.54) is 36.2 Å². The second kappa shape index (κ2) is 5.67. The molecule has 1 aliphatic rings. The number of imidazole rings is 1. The van der Waals surface area contributed by atoms with Crippen molar-refractivity contribution in [1.82, 2.24) is 14.9 Å². The van der Waals surface area contributed by atoms with Crippen LogP contribution >= 0.6 is 0 Å². The molecular formula is C16H22N4. The van der Waals surface area contributed by atoms with Gasteiger partial charge in [0.25, 0.3) is 0 Å². The summed E-state index contributed by atoms with van der Waals surface area (Å²) in [5, 5.41) is 3.47. The molecule has 20 heavy (non-hydrogen) atoms. The van der Waals surface area contributed by atoms with Gasteiger partial charge in [-0.3, -0.25) is 0 Å². The lowest BCUT2D eigenvalue weighted by molar-refractivity contribution is 0.637. The van der Waals surface area contributed by atoms with Crippen LogP contribution in [0.1, 0.15) is 23.4 Å². The van der Waals surface area contributed by atoms with Crippen molar-refractivity contribution in [2.75, 3.05) is 18.5 Å². The molecule has 0 saturated carbocycles. The molecule has 0 radical (unpaired) electrons. The largest absolute Gasteiger partial charge is 0.374 e. The van der Waals surface area contributed by atoms with Crippen LogP contribution in [0.3, 0.4) is 0 Å². The zero-order valence-corrected chi connectivity index (χ0v) is 12.3. The van der Waals surface area contributed by atoms with E-state index >= 15 is 0 Å². The first-order chi connectivity index (χ1) is 9.74. The van der Waals surface area contributed by atoms with Crippen LogP contribution in [0.5, 0.6) is 0 Å². The Morgan fingerprint density at radius 1 is 1.25 bits per heavy atom.